The average Bonchev–Trinajstić information content (AvgIpc) is 2.74. The number of rotatable bonds is 0. The fourth-order valence-electron chi connectivity index (χ4n) is 2.17. The molecule has 19 heavy (non-hydrogen) atoms. The molecule has 92 valence electrons. The Morgan fingerprint density at radius 1 is 0.947 bits per heavy atom. The van der Waals surface area contributed by atoms with Crippen molar-refractivity contribution in [2.24, 2.45) is 0 Å². The van der Waals surface area contributed by atoms with E-state index in [1.165, 1.54) is 4.70 Å². The fraction of sp³-hybridized carbons (Fsp3) is 0. The summed E-state index contributed by atoms with van der Waals surface area (Å²) >= 11 is 13.8. The molecule has 0 saturated heterocycles. The fourth-order valence-corrected chi connectivity index (χ4v) is 3.72. The van der Waals surface area contributed by atoms with Crippen LogP contribution < -0.4 is 0 Å². The molecule has 2 nitrogen and oxygen atoms in total. The third-order valence-corrected chi connectivity index (χ3v) is 4.57. The highest BCUT2D eigenvalue weighted by Crippen LogP contribution is 2.34. The highest BCUT2D eigenvalue weighted by atomic mass is 35.5. The number of fused-ring (bicyclic) bond motifs is 4. The lowest BCUT2D eigenvalue weighted by Gasteiger charge is -2.00. The van der Waals surface area contributed by atoms with Crippen LogP contribution in [-0.4, -0.2) is 9.97 Å². The minimum Gasteiger partial charge on any atom is -0.243 e. The lowest BCUT2D eigenvalue weighted by atomic mass is 10.2. The van der Waals surface area contributed by atoms with Crippen LogP contribution in [0.1, 0.15) is 0 Å². The van der Waals surface area contributed by atoms with Gasteiger partial charge in [-0.05, 0) is 18.2 Å². The van der Waals surface area contributed by atoms with Crippen molar-refractivity contribution in [2.45, 2.75) is 0 Å². The SMILES string of the molecule is Clc1cc(Cl)c2nc3sc4ccccc4c3nc2c1. The zero-order chi connectivity index (χ0) is 13.0. The summed E-state index contributed by atoms with van der Waals surface area (Å²) in [6.45, 7) is 0. The predicted octanol–water partition coefficient (Wildman–Crippen LogP) is 5.30. The van der Waals surface area contributed by atoms with Crippen molar-refractivity contribution in [3.63, 3.8) is 0 Å². The number of hydrogen-bond donors (Lipinski definition) is 0. The first kappa shape index (κ1) is 11.4. The summed E-state index contributed by atoms with van der Waals surface area (Å²) in [5.74, 6) is 0. The number of hydrogen-bond acceptors (Lipinski definition) is 3. The van der Waals surface area contributed by atoms with Crippen LogP contribution in [0.3, 0.4) is 0 Å². The Hall–Kier alpha value is -1.42. The first-order valence-electron chi connectivity index (χ1n) is 5.66. The Morgan fingerprint density at radius 3 is 2.68 bits per heavy atom. The van der Waals surface area contributed by atoms with E-state index in [4.69, 9.17) is 23.2 Å². The normalized spacial score (nSPS) is 11.7. The third-order valence-electron chi connectivity index (χ3n) is 3.01. The number of halogens is 2. The Kier molecular flexibility index (Phi) is 2.42. The van der Waals surface area contributed by atoms with E-state index >= 15 is 0 Å². The molecule has 0 spiro atoms. The van der Waals surface area contributed by atoms with Gasteiger partial charge < -0.3 is 0 Å². The van der Waals surface area contributed by atoms with Gasteiger partial charge in [0, 0.05) is 15.1 Å². The maximum absolute atomic E-state index is 6.18. The quantitative estimate of drug-likeness (QED) is 0.440. The monoisotopic (exact) mass is 304 g/mol. The van der Waals surface area contributed by atoms with Crippen molar-refractivity contribution in [2.75, 3.05) is 0 Å². The van der Waals surface area contributed by atoms with Gasteiger partial charge in [0.05, 0.1) is 10.5 Å². The molecule has 2 aromatic heterocycles. The van der Waals surface area contributed by atoms with Crippen LogP contribution in [0.2, 0.25) is 10.0 Å². The van der Waals surface area contributed by atoms with Gasteiger partial charge in [-0.3, -0.25) is 0 Å². The summed E-state index contributed by atoms with van der Waals surface area (Å²) in [6, 6.07) is 11.6. The first-order valence-corrected chi connectivity index (χ1v) is 7.24. The van der Waals surface area contributed by atoms with E-state index < -0.39 is 0 Å². The van der Waals surface area contributed by atoms with Crippen LogP contribution in [0, 0.1) is 0 Å². The summed E-state index contributed by atoms with van der Waals surface area (Å²) in [4.78, 5) is 10.2. The molecule has 0 bridgehead atoms. The molecule has 0 aliphatic carbocycles. The molecule has 0 aliphatic heterocycles. The Labute approximate surface area is 122 Å². The molecule has 0 N–H and O–H groups in total. The zero-order valence-electron chi connectivity index (χ0n) is 9.52. The molecule has 4 aromatic rings. The molecule has 0 aliphatic rings. The van der Waals surface area contributed by atoms with Gasteiger partial charge in [0.15, 0.2) is 0 Å². The number of thiophene rings is 1. The van der Waals surface area contributed by atoms with E-state index in [2.05, 4.69) is 22.1 Å². The summed E-state index contributed by atoms with van der Waals surface area (Å²) in [7, 11) is 0. The third kappa shape index (κ3) is 1.70. The standard InChI is InChI=1S/C14H6Cl2N2S/c15-7-5-9(16)13-10(6-7)17-12-8-3-1-2-4-11(8)19-14(12)18-13/h1-6H. The minimum absolute atomic E-state index is 0.536. The molecular formula is C14H6Cl2N2S. The molecule has 5 heteroatoms. The van der Waals surface area contributed by atoms with Crippen LogP contribution >= 0.6 is 34.5 Å². The Bertz CT molecular complexity index is 946. The smallest absolute Gasteiger partial charge is 0.143 e. The second-order valence-electron chi connectivity index (χ2n) is 4.23. The lowest BCUT2D eigenvalue weighted by molar-refractivity contribution is 1.43. The topological polar surface area (TPSA) is 25.8 Å². The predicted molar refractivity (Wildman–Crippen MR) is 82.4 cm³/mol. The van der Waals surface area contributed by atoms with E-state index in [-0.39, 0.29) is 0 Å². The zero-order valence-corrected chi connectivity index (χ0v) is 11.9. The van der Waals surface area contributed by atoms with E-state index in [9.17, 15) is 0 Å². The average molecular weight is 305 g/mol. The molecule has 0 saturated carbocycles. The van der Waals surface area contributed by atoms with Gasteiger partial charge in [-0.25, -0.2) is 9.97 Å². The molecule has 0 atom stereocenters. The van der Waals surface area contributed by atoms with Crippen LogP contribution in [0.4, 0.5) is 0 Å². The molecule has 0 amide bonds. The number of aromatic nitrogens is 2. The van der Waals surface area contributed by atoms with E-state index in [1.807, 2.05) is 12.1 Å². The van der Waals surface area contributed by atoms with Gasteiger partial charge in [0.25, 0.3) is 0 Å². The molecule has 0 fully saturated rings. The molecule has 0 unspecified atom stereocenters. The van der Waals surface area contributed by atoms with E-state index in [1.54, 1.807) is 23.5 Å². The van der Waals surface area contributed by atoms with E-state index in [0.717, 1.165) is 21.3 Å². The maximum Gasteiger partial charge on any atom is 0.143 e. The lowest BCUT2D eigenvalue weighted by Crippen LogP contribution is -1.85. The summed E-state index contributed by atoms with van der Waals surface area (Å²) in [5, 5.41) is 2.23. The van der Waals surface area contributed by atoms with Crippen molar-refractivity contribution in [1.82, 2.24) is 9.97 Å². The molecule has 2 heterocycles. The molecular weight excluding hydrogens is 299 g/mol. The Morgan fingerprint density at radius 2 is 1.79 bits per heavy atom. The second kappa shape index (κ2) is 4.04. The van der Waals surface area contributed by atoms with E-state index in [0.29, 0.717) is 15.6 Å². The van der Waals surface area contributed by atoms with Gasteiger partial charge in [0.1, 0.15) is 15.9 Å². The maximum atomic E-state index is 6.18. The summed E-state index contributed by atoms with van der Waals surface area (Å²) in [5.41, 5.74) is 2.34. The highest BCUT2D eigenvalue weighted by molar-refractivity contribution is 7.25. The first-order chi connectivity index (χ1) is 9.22. The van der Waals surface area contributed by atoms with Crippen molar-refractivity contribution >= 4 is 66.0 Å². The number of nitrogens with zero attached hydrogens (tertiary/aromatic N) is 2. The minimum atomic E-state index is 0.536. The molecule has 4 rings (SSSR count). The van der Waals surface area contributed by atoms with Gasteiger partial charge >= 0.3 is 0 Å². The largest absolute Gasteiger partial charge is 0.243 e. The number of benzene rings is 2. The van der Waals surface area contributed by atoms with Crippen LogP contribution in [-0.2, 0) is 0 Å². The van der Waals surface area contributed by atoms with Gasteiger partial charge in [-0.2, -0.15) is 0 Å². The van der Waals surface area contributed by atoms with Gasteiger partial charge in [-0.15, -0.1) is 11.3 Å². The van der Waals surface area contributed by atoms with Crippen LogP contribution in [0.15, 0.2) is 36.4 Å². The summed E-state index contributed by atoms with van der Waals surface area (Å²) < 4.78 is 1.18. The van der Waals surface area contributed by atoms with Crippen molar-refractivity contribution < 1.29 is 0 Å². The Balaban J connectivity index is 2.25. The van der Waals surface area contributed by atoms with Gasteiger partial charge in [0.2, 0.25) is 0 Å². The van der Waals surface area contributed by atoms with Crippen LogP contribution in [0.5, 0.6) is 0 Å². The highest BCUT2D eigenvalue weighted by Gasteiger charge is 2.11. The molecule has 2 aromatic carbocycles. The van der Waals surface area contributed by atoms with Gasteiger partial charge in [-0.1, -0.05) is 41.4 Å². The van der Waals surface area contributed by atoms with Crippen molar-refractivity contribution in [1.29, 1.82) is 0 Å². The van der Waals surface area contributed by atoms with Crippen molar-refractivity contribution in [3.8, 4) is 0 Å². The van der Waals surface area contributed by atoms with Crippen LogP contribution in [0.25, 0.3) is 31.5 Å². The van der Waals surface area contributed by atoms with Crippen molar-refractivity contribution in [3.05, 3.63) is 46.4 Å². The molecule has 0 radical (unpaired) electrons. The second-order valence-corrected chi connectivity index (χ2v) is 6.11. The summed E-state index contributed by atoms with van der Waals surface area (Å²) in [6.07, 6.45) is 0.